The maximum absolute atomic E-state index is 11.6. The van der Waals surface area contributed by atoms with Crippen LogP contribution >= 0.6 is 0 Å². The molecular weight excluding hydrogens is 238 g/mol. The Morgan fingerprint density at radius 3 is 2.35 bits per heavy atom. The van der Waals surface area contributed by atoms with Crippen LogP contribution in [0.2, 0.25) is 0 Å². The second-order valence-corrected chi connectivity index (χ2v) is 6.87. The molecule has 5 heteroatoms. The van der Waals surface area contributed by atoms with Gasteiger partial charge in [-0.25, -0.2) is 8.42 Å². The topological polar surface area (TPSA) is 69.4 Å². The highest BCUT2D eigenvalue weighted by atomic mass is 32.2. The number of benzene rings is 1. The molecule has 1 rings (SSSR count). The van der Waals surface area contributed by atoms with Crippen LogP contribution in [-0.2, 0) is 16.3 Å². The van der Waals surface area contributed by atoms with Gasteiger partial charge in [0.25, 0.3) is 0 Å². The van der Waals surface area contributed by atoms with Crippen LogP contribution in [0.25, 0.3) is 0 Å². The molecular formula is C12H19NO3S. The molecule has 0 heterocycles. The molecule has 0 aromatic heterocycles. The fourth-order valence-corrected chi connectivity index (χ4v) is 2.59. The van der Waals surface area contributed by atoms with Crippen LogP contribution < -0.4 is 10.5 Å². The van der Waals surface area contributed by atoms with Crippen LogP contribution in [0.5, 0.6) is 5.75 Å². The van der Waals surface area contributed by atoms with Gasteiger partial charge in [0.15, 0.2) is 9.84 Å². The molecule has 0 fully saturated rings. The monoisotopic (exact) mass is 257 g/mol. The van der Waals surface area contributed by atoms with Gasteiger partial charge < -0.3 is 10.5 Å². The highest BCUT2D eigenvalue weighted by molar-refractivity contribution is 7.90. The van der Waals surface area contributed by atoms with Gasteiger partial charge in [0.1, 0.15) is 10.6 Å². The van der Waals surface area contributed by atoms with E-state index < -0.39 is 15.4 Å². The van der Waals surface area contributed by atoms with E-state index in [0.717, 1.165) is 5.56 Å². The van der Waals surface area contributed by atoms with Crippen molar-refractivity contribution in [2.45, 2.75) is 30.7 Å². The van der Waals surface area contributed by atoms with Crippen LogP contribution in [0.3, 0.4) is 0 Å². The van der Waals surface area contributed by atoms with Crippen molar-refractivity contribution in [3.63, 3.8) is 0 Å². The molecule has 0 aliphatic carbocycles. The third kappa shape index (κ3) is 3.71. The minimum Gasteiger partial charge on any atom is -0.495 e. The van der Waals surface area contributed by atoms with E-state index in [4.69, 9.17) is 10.5 Å². The molecule has 0 radical (unpaired) electrons. The molecule has 96 valence electrons. The number of hydrogen-bond donors (Lipinski definition) is 1. The summed E-state index contributed by atoms with van der Waals surface area (Å²) in [7, 11) is -1.82. The molecule has 0 saturated carbocycles. The summed E-state index contributed by atoms with van der Waals surface area (Å²) in [6.07, 6.45) is 1.72. The van der Waals surface area contributed by atoms with Crippen molar-refractivity contribution in [2.24, 2.45) is 5.73 Å². The van der Waals surface area contributed by atoms with E-state index in [2.05, 4.69) is 0 Å². The fraction of sp³-hybridized carbons (Fsp3) is 0.500. The molecule has 17 heavy (non-hydrogen) atoms. The van der Waals surface area contributed by atoms with Crippen LogP contribution in [0.1, 0.15) is 19.4 Å². The summed E-state index contributed by atoms with van der Waals surface area (Å²) < 4.78 is 28.5. The first-order chi connectivity index (χ1) is 7.65. The smallest absolute Gasteiger partial charge is 0.179 e. The summed E-state index contributed by atoms with van der Waals surface area (Å²) in [4.78, 5) is 0.210. The Hall–Kier alpha value is -1.07. The standard InChI is InChI=1S/C12H19NO3S/c1-12(2,13)8-9-6-5-7-10(11(9)16-3)17(4,14)15/h5-7H,8,13H2,1-4H3. The van der Waals surface area contributed by atoms with E-state index in [9.17, 15) is 8.42 Å². The maximum Gasteiger partial charge on any atom is 0.179 e. The lowest BCUT2D eigenvalue weighted by atomic mass is 9.96. The Balaban J connectivity index is 3.34. The molecule has 0 spiro atoms. The normalized spacial score (nSPS) is 12.5. The lowest BCUT2D eigenvalue weighted by Crippen LogP contribution is -2.34. The summed E-state index contributed by atoms with van der Waals surface area (Å²) in [5.74, 6) is 0.397. The van der Waals surface area contributed by atoms with Crippen LogP contribution in [0.15, 0.2) is 23.1 Å². The molecule has 4 nitrogen and oxygen atoms in total. The number of sulfone groups is 1. The highest BCUT2D eigenvalue weighted by Gasteiger charge is 2.20. The fourth-order valence-electron chi connectivity index (χ4n) is 1.72. The van der Waals surface area contributed by atoms with Gasteiger partial charge in [0.05, 0.1) is 7.11 Å². The van der Waals surface area contributed by atoms with Gasteiger partial charge >= 0.3 is 0 Å². The quantitative estimate of drug-likeness (QED) is 0.884. The molecule has 0 saturated heterocycles. The van der Waals surface area contributed by atoms with Gasteiger partial charge in [-0.3, -0.25) is 0 Å². The molecule has 1 aromatic carbocycles. The zero-order chi connectivity index (χ0) is 13.3. The lowest BCUT2D eigenvalue weighted by molar-refractivity contribution is 0.391. The summed E-state index contributed by atoms with van der Waals surface area (Å²) >= 11 is 0. The molecule has 0 aliphatic heterocycles. The molecule has 2 N–H and O–H groups in total. The van der Waals surface area contributed by atoms with Gasteiger partial charge in [-0.05, 0) is 31.9 Å². The molecule has 0 aliphatic rings. The first-order valence-corrected chi connectivity index (χ1v) is 7.19. The Morgan fingerprint density at radius 2 is 1.94 bits per heavy atom. The van der Waals surface area contributed by atoms with E-state index in [1.807, 2.05) is 19.9 Å². The third-order valence-corrected chi connectivity index (χ3v) is 3.43. The highest BCUT2D eigenvalue weighted by Crippen LogP contribution is 2.29. The predicted molar refractivity (Wildman–Crippen MR) is 68.1 cm³/mol. The first-order valence-electron chi connectivity index (χ1n) is 5.30. The number of para-hydroxylation sites is 1. The molecule has 0 unspecified atom stereocenters. The van der Waals surface area contributed by atoms with E-state index in [1.54, 1.807) is 12.1 Å². The van der Waals surface area contributed by atoms with E-state index in [0.29, 0.717) is 12.2 Å². The number of methoxy groups -OCH3 is 1. The van der Waals surface area contributed by atoms with Crippen molar-refractivity contribution < 1.29 is 13.2 Å². The zero-order valence-electron chi connectivity index (χ0n) is 10.6. The molecule has 0 amide bonds. The zero-order valence-corrected chi connectivity index (χ0v) is 11.5. The van der Waals surface area contributed by atoms with Crippen LogP contribution in [0.4, 0.5) is 0 Å². The number of ether oxygens (including phenoxy) is 1. The van der Waals surface area contributed by atoms with E-state index in [1.165, 1.54) is 13.4 Å². The van der Waals surface area contributed by atoms with Crippen molar-refractivity contribution in [1.29, 1.82) is 0 Å². The van der Waals surface area contributed by atoms with Crippen LogP contribution in [0, 0.1) is 0 Å². The van der Waals surface area contributed by atoms with Crippen molar-refractivity contribution in [3.05, 3.63) is 23.8 Å². The minimum atomic E-state index is -3.29. The minimum absolute atomic E-state index is 0.210. The van der Waals surface area contributed by atoms with Crippen molar-refractivity contribution in [1.82, 2.24) is 0 Å². The first kappa shape index (κ1) is 14.0. The second kappa shape index (κ2) is 4.66. The van der Waals surface area contributed by atoms with E-state index >= 15 is 0 Å². The average Bonchev–Trinajstić information content (AvgIpc) is 2.13. The predicted octanol–water partition coefficient (Wildman–Crippen LogP) is 1.38. The Labute approximate surface area is 103 Å². The largest absolute Gasteiger partial charge is 0.495 e. The van der Waals surface area contributed by atoms with E-state index in [-0.39, 0.29) is 4.90 Å². The Bertz CT molecular complexity index is 501. The van der Waals surface area contributed by atoms with Gasteiger partial charge in [0, 0.05) is 11.8 Å². The van der Waals surface area contributed by atoms with Crippen molar-refractivity contribution in [3.8, 4) is 5.75 Å². The summed E-state index contributed by atoms with van der Waals surface area (Å²) in [6.45, 7) is 3.78. The maximum atomic E-state index is 11.6. The van der Waals surface area contributed by atoms with Gasteiger partial charge in [-0.2, -0.15) is 0 Å². The lowest BCUT2D eigenvalue weighted by Gasteiger charge is -2.21. The van der Waals surface area contributed by atoms with Gasteiger partial charge in [0.2, 0.25) is 0 Å². The SMILES string of the molecule is COc1c(CC(C)(C)N)cccc1S(C)(=O)=O. The second-order valence-electron chi connectivity index (χ2n) is 4.89. The Kier molecular flexibility index (Phi) is 3.84. The van der Waals surface area contributed by atoms with Gasteiger partial charge in [-0.1, -0.05) is 12.1 Å². The van der Waals surface area contributed by atoms with Crippen molar-refractivity contribution >= 4 is 9.84 Å². The third-order valence-electron chi connectivity index (χ3n) is 2.31. The summed E-state index contributed by atoms with van der Waals surface area (Å²) in [5.41, 5.74) is 6.34. The molecule has 0 atom stereocenters. The summed E-state index contributed by atoms with van der Waals surface area (Å²) in [6, 6.07) is 5.09. The number of hydrogen-bond acceptors (Lipinski definition) is 4. The van der Waals surface area contributed by atoms with Crippen LogP contribution in [-0.4, -0.2) is 27.3 Å². The average molecular weight is 257 g/mol. The summed E-state index contributed by atoms with van der Waals surface area (Å²) in [5, 5.41) is 0. The molecule has 0 bridgehead atoms. The van der Waals surface area contributed by atoms with Gasteiger partial charge in [-0.15, -0.1) is 0 Å². The Morgan fingerprint density at radius 1 is 1.35 bits per heavy atom. The number of rotatable bonds is 4. The number of nitrogens with two attached hydrogens (primary N) is 1. The molecule has 1 aromatic rings. The van der Waals surface area contributed by atoms with Crippen molar-refractivity contribution in [2.75, 3.05) is 13.4 Å².